The summed E-state index contributed by atoms with van der Waals surface area (Å²) in [5, 5.41) is 18.2. The number of benzene rings is 1. The molecule has 0 aliphatic heterocycles. The summed E-state index contributed by atoms with van der Waals surface area (Å²) in [6.07, 6.45) is 3.30. The number of nitrogens with zero attached hydrogens (tertiary/aromatic N) is 5. The molecule has 3 rings (SSSR count). The van der Waals surface area contributed by atoms with E-state index >= 15 is 0 Å². The van der Waals surface area contributed by atoms with Gasteiger partial charge < -0.3 is 5.32 Å². The van der Waals surface area contributed by atoms with Crippen LogP contribution in [-0.4, -0.2) is 36.2 Å². The molecule has 2 heterocycles. The Morgan fingerprint density at radius 1 is 1.46 bits per heavy atom. The predicted molar refractivity (Wildman–Crippen MR) is 88.0 cm³/mol. The number of hydrogen-bond acceptors (Lipinski definition) is 7. The highest BCUT2D eigenvalue weighted by atomic mass is 32.2. The first kappa shape index (κ1) is 15.9. The van der Waals surface area contributed by atoms with Gasteiger partial charge in [-0.3, -0.25) is 14.9 Å². The standard InChI is InChI=1S/C14H12N6O3S/c1-9-3-4-10(11(7-9)20(22)23)16-12(21)8-24-14-17-13-15-5-2-6-19(13)18-14/h2-7H,8H2,1H3,(H,16,21). The first-order chi connectivity index (χ1) is 11.5. The van der Waals surface area contributed by atoms with E-state index in [0.29, 0.717) is 10.9 Å². The Labute approximate surface area is 140 Å². The molecule has 0 aliphatic rings. The number of thioether (sulfide) groups is 1. The number of rotatable bonds is 5. The summed E-state index contributed by atoms with van der Waals surface area (Å²) in [5.41, 5.74) is 0.778. The third kappa shape index (κ3) is 3.49. The van der Waals surface area contributed by atoms with Crippen molar-refractivity contribution >= 4 is 34.8 Å². The zero-order chi connectivity index (χ0) is 17.1. The molecule has 0 bridgehead atoms. The summed E-state index contributed by atoms with van der Waals surface area (Å²) in [7, 11) is 0. The summed E-state index contributed by atoms with van der Waals surface area (Å²) >= 11 is 1.13. The molecule has 0 saturated carbocycles. The van der Waals surface area contributed by atoms with Gasteiger partial charge in [-0.25, -0.2) is 9.50 Å². The van der Waals surface area contributed by atoms with Crippen molar-refractivity contribution in [2.75, 3.05) is 11.1 Å². The molecule has 0 saturated heterocycles. The van der Waals surface area contributed by atoms with E-state index in [0.717, 1.165) is 17.3 Å². The molecule has 0 unspecified atom stereocenters. The number of carbonyl (C=O) groups is 1. The molecule has 0 fully saturated rings. The molecule has 1 N–H and O–H groups in total. The second-order valence-corrected chi connectivity index (χ2v) is 5.82. The lowest BCUT2D eigenvalue weighted by atomic mass is 10.2. The van der Waals surface area contributed by atoms with Crippen molar-refractivity contribution < 1.29 is 9.72 Å². The molecule has 0 radical (unpaired) electrons. The Balaban J connectivity index is 1.66. The topological polar surface area (TPSA) is 115 Å². The fourth-order valence-electron chi connectivity index (χ4n) is 1.99. The number of amides is 1. The van der Waals surface area contributed by atoms with Gasteiger partial charge in [0.15, 0.2) is 0 Å². The fraction of sp³-hybridized carbons (Fsp3) is 0.143. The van der Waals surface area contributed by atoms with Crippen molar-refractivity contribution in [2.45, 2.75) is 12.1 Å². The van der Waals surface area contributed by atoms with Gasteiger partial charge in [0, 0.05) is 18.5 Å². The zero-order valence-electron chi connectivity index (χ0n) is 12.5. The smallest absolute Gasteiger partial charge is 0.293 e. The van der Waals surface area contributed by atoms with E-state index < -0.39 is 4.92 Å². The minimum atomic E-state index is -0.523. The minimum Gasteiger partial charge on any atom is -0.320 e. The van der Waals surface area contributed by atoms with Gasteiger partial charge in [0.25, 0.3) is 11.5 Å². The van der Waals surface area contributed by atoms with E-state index in [2.05, 4.69) is 20.4 Å². The van der Waals surface area contributed by atoms with E-state index in [-0.39, 0.29) is 23.0 Å². The normalized spacial score (nSPS) is 10.7. The van der Waals surface area contributed by atoms with Crippen LogP contribution >= 0.6 is 11.8 Å². The monoisotopic (exact) mass is 344 g/mol. The number of anilines is 1. The summed E-state index contributed by atoms with van der Waals surface area (Å²) in [4.78, 5) is 30.8. The van der Waals surface area contributed by atoms with Crippen molar-refractivity contribution in [3.63, 3.8) is 0 Å². The van der Waals surface area contributed by atoms with Crippen molar-refractivity contribution in [3.05, 3.63) is 52.3 Å². The highest BCUT2D eigenvalue weighted by Crippen LogP contribution is 2.25. The van der Waals surface area contributed by atoms with Gasteiger partial charge >= 0.3 is 0 Å². The van der Waals surface area contributed by atoms with Gasteiger partial charge in [-0.1, -0.05) is 17.8 Å². The van der Waals surface area contributed by atoms with Gasteiger partial charge in [0.1, 0.15) is 5.69 Å². The lowest BCUT2D eigenvalue weighted by Gasteiger charge is -2.05. The number of carbonyl (C=O) groups excluding carboxylic acids is 1. The van der Waals surface area contributed by atoms with Crippen LogP contribution in [0, 0.1) is 17.0 Å². The van der Waals surface area contributed by atoms with E-state index in [4.69, 9.17) is 0 Å². The number of nitro groups is 1. The number of hydrogen-bond donors (Lipinski definition) is 1. The van der Waals surface area contributed by atoms with Gasteiger partial charge in [0.05, 0.1) is 10.7 Å². The summed E-state index contributed by atoms with van der Waals surface area (Å²) in [6.45, 7) is 1.75. The molecule has 1 amide bonds. The van der Waals surface area contributed by atoms with E-state index in [1.54, 1.807) is 31.5 Å². The quantitative estimate of drug-likeness (QED) is 0.428. The van der Waals surface area contributed by atoms with Gasteiger partial charge in [0.2, 0.25) is 11.1 Å². The fourth-order valence-corrected chi connectivity index (χ4v) is 2.61. The number of fused-ring (bicyclic) bond motifs is 1. The molecular weight excluding hydrogens is 332 g/mol. The SMILES string of the molecule is Cc1ccc(NC(=O)CSc2nc3ncccn3n2)c([N+](=O)[O-])c1. The predicted octanol–water partition coefficient (Wildman–Crippen LogP) is 2.07. The van der Waals surface area contributed by atoms with Crippen molar-refractivity contribution in [3.8, 4) is 0 Å². The lowest BCUT2D eigenvalue weighted by Crippen LogP contribution is -2.15. The second-order valence-electron chi connectivity index (χ2n) is 4.87. The zero-order valence-corrected chi connectivity index (χ0v) is 13.4. The molecule has 3 aromatic rings. The van der Waals surface area contributed by atoms with Crippen LogP contribution in [0.5, 0.6) is 0 Å². The first-order valence-electron chi connectivity index (χ1n) is 6.88. The Kier molecular flexibility index (Phi) is 4.38. The minimum absolute atomic E-state index is 0.0297. The Hall–Kier alpha value is -3.01. The molecule has 122 valence electrons. The van der Waals surface area contributed by atoms with Crippen molar-refractivity contribution in [1.82, 2.24) is 19.6 Å². The van der Waals surface area contributed by atoms with Gasteiger partial charge in [-0.15, -0.1) is 5.10 Å². The Bertz CT molecular complexity index is 893. The van der Waals surface area contributed by atoms with Crippen LogP contribution in [0.4, 0.5) is 11.4 Å². The van der Waals surface area contributed by atoms with Crippen molar-refractivity contribution in [1.29, 1.82) is 0 Å². The van der Waals surface area contributed by atoms with Gasteiger partial charge in [-0.2, -0.15) is 4.98 Å². The maximum atomic E-state index is 12.0. The van der Waals surface area contributed by atoms with Crippen molar-refractivity contribution in [2.24, 2.45) is 0 Å². The van der Waals surface area contributed by atoms with E-state index in [9.17, 15) is 14.9 Å². The molecular formula is C14H12N6O3S. The lowest BCUT2D eigenvalue weighted by molar-refractivity contribution is -0.384. The van der Waals surface area contributed by atoms with Gasteiger partial charge in [-0.05, 0) is 24.6 Å². The molecule has 0 atom stereocenters. The summed E-state index contributed by atoms with van der Waals surface area (Å²) < 4.78 is 1.51. The largest absolute Gasteiger partial charge is 0.320 e. The molecule has 0 aliphatic carbocycles. The highest BCUT2D eigenvalue weighted by molar-refractivity contribution is 7.99. The molecule has 1 aromatic carbocycles. The van der Waals surface area contributed by atoms with Crippen LogP contribution in [0.1, 0.15) is 5.56 Å². The summed E-state index contributed by atoms with van der Waals surface area (Å²) in [6, 6.07) is 6.35. The molecule has 0 spiro atoms. The van der Waals surface area contributed by atoms with Crippen LogP contribution in [0.3, 0.4) is 0 Å². The molecule has 2 aromatic heterocycles. The van der Waals surface area contributed by atoms with Crippen LogP contribution in [0.25, 0.3) is 5.78 Å². The maximum Gasteiger partial charge on any atom is 0.293 e. The third-order valence-corrected chi connectivity index (χ3v) is 3.89. The number of aromatic nitrogens is 4. The molecule has 10 heteroatoms. The van der Waals surface area contributed by atoms with Crippen LogP contribution in [-0.2, 0) is 4.79 Å². The van der Waals surface area contributed by atoms with E-state index in [1.807, 2.05) is 0 Å². The molecule has 9 nitrogen and oxygen atoms in total. The number of nitro benzene ring substituents is 1. The number of nitrogens with one attached hydrogen (secondary N) is 1. The second kappa shape index (κ2) is 6.62. The highest BCUT2D eigenvalue weighted by Gasteiger charge is 2.16. The molecule has 24 heavy (non-hydrogen) atoms. The van der Waals surface area contributed by atoms with E-state index in [1.165, 1.54) is 16.6 Å². The Morgan fingerprint density at radius 3 is 3.04 bits per heavy atom. The Morgan fingerprint density at radius 2 is 2.29 bits per heavy atom. The average molecular weight is 344 g/mol. The first-order valence-corrected chi connectivity index (χ1v) is 7.86. The van der Waals surface area contributed by atoms with Crippen LogP contribution in [0.2, 0.25) is 0 Å². The average Bonchev–Trinajstić information content (AvgIpc) is 2.97. The maximum absolute atomic E-state index is 12.0. The third-order valence-electron chi connectivity index (χ3n) is 3.05. The van der Waals surface area contributed by atoms with Crippen LogP contribution in [0.15, 0.2) is 41.8 Å². The number of aryl methyl sites for hydroxylation is 1. The summed E-state index contributed by atoms with van der Waals surface area (Å²) in [5.74, 6) is 0.0930. The van der Waals surface area contributed by atoms with Crippen LogP contribution < -0.4 is 5.32 Å².